The van der Waals surface area contributed by atoms with Gasteiger partial charge in [-0.25, -0.2) is 13.2 Å². The number of rotatable bonds is 0. The van der Waals surface area contributed by atoms with Crippen LogP contribution in [0.4, 0.5) is 13.2 Å². The van der Waals surface area contributed by atoms with Crippen LogP contribution >= 0.6 is 0 Å². The molecule has 9 heavy (non-hydrogen) atoms. The third-order valence-corrected chi connectivity index (χ3v) is 1.11. The van der Waals surface area contributed by atoms with Crippen LogP contribution in [0.3, 0.4) is 0 Å². The van der Waals surface area contributed by atoms with Crippen molar-refractivity contribution in [2.24, 2.45) is 0 Å². The van der Waals surface area contributed by atoms with Crippen LogP contribution in [0.2, 0.25) is 0 Å². The minimum atomic E-state index is -1.77. The van der Waals surface area contributed by atoms with Crippen LogP contribution in [0.15, 0.2) is 23.8 Å². The van der Waals surface area contributed by atoms with Crippen molar-refractivity contribution in [2.75, 3.05) is 0 Å². The van der Waals surface area contributed by atoms with Gasteiger partial charge in [-0.1, -0.05) is 6.08 Å². The molecule has 0 aromatic heterocycles. The number of hydrogen-bond donors (Lipinski definition) is 0. The van der Waals surface area contributed by atoms with Crippen LogP contribution in [-0.4, -0.2) is 6.17 Å². The molecule has 0 saturated carbocycles. The normalized spacial score (nSPS) is 27.2. The Morgan fingerprint density at radius 3 is 2.56 bits per heavy atom. The van der Waals surface area contributed by atoms with Crippen LogP contribution in [0.5, 0.6) is 0 Å². The SMILES string of the molecule is FC1=C(F)C(F)CC=C1. The van der Waals surface area contributed by atoms with Gasteiger partial charge in [0.25, 0.3) is 0 Å². The highest BCUT2D eigenvalue weighted by Gasteiger charge is 2.18. The second-order valence-corrected chi connectivity index (χ2v) is 1.80. The Hall–Kier alpha value is -0.730. The van der Waals surface area contributed by atoms with E-state index in [4.69, 9.17) is 0 Å². The largest absolute Gasteiger partial charge is 0.239 e. The molecule has 0 N–H and O–H groups in total. The fraction of sp³-hybridized carbons (Fsp3) is 0.333. The standard InChI is InChI=1S/C6H5F3/c7-4-2-1-3-5(8)6(4)9/h1-2,5H,3H2. The molecule has 0 radical (unpaired) electrons. The fourth-order valence-electron chi connectivity index (χ4n) is 0.624. The monoisotopic (exact) mass is 134 g/mol. The Morgan fingerprint density at radius 2 is 2.11 bits per heavy atom. The number of allylic oxidation sites excluding steroid dienone is 4. The van der Waals surface area contributed by atoms with Crippen molar-refractivity contribution >= 4 is 0 Å². The summed E-state index contributed by atoms with van der Waals surface area (Å²) in [6, 6.07) is 0. The average Bonchev–Trinajstić information content (AvgIpc) is 1.83. The molecule has 0 spiro atoms. The Kier molecular flexibility index (Phi) is 1.60. The zero-order valence-electron chi connectivity index (χ0n) is 4.57. The summed E-state index contributed by atoms with van der Waals surface area (Å²) >= 11 is 0. The molecule has 1 unspecified atom stereocenters. The second kappa shape index (κ2) is 2.25. The highest BCUT2D eigenvalue weighted by molar-refractivity contribution is 5.22. The molecular weight excluding hydrogens is 129 g/mol. The van der Waals surface area contributed by atoms with E-state index in [1.165, 1.54) is 6.08 Å². The molecule has 0 aromatic rings. The van der Waals surface area contributed by atoms with Crippen molar-refractivity contribution in [3.63, 3.8) is 0 Å². The summed E-state index contributed by atoms with van der Waals surface area (Å²) < 4.78 is 36.2. The molecule has 0 bridgehead atoms. The van der Waals surface area contributed by atoms with Crippen LogP contribution in [0, 0.1) is 0 Å². The molecule has 0 aliphatic heterocycles. The summed E-state index contributed by atoms with van der Waals surface area (Å²) in [5.41, 5.74) is 0. The highest BCUT2D eigenvalue weighted by atomic mass is 19.2. The summed E-state index contributed by atoms with van der Waals surface area (Å²) in [5, 5.41) is 0. The molecule has 0 heterocycles. The smallest absolute Gasteiger partial charge is 0.170 e. The first kappa shape index (κ1) is 6.39. The molecule has 0 saturated heterocycles. The predicted molar refractivity (Wildman–Crippen MR) is 27.9 cm³/mol. The topological polar surface area (TPSA) is 0 Å². The molecule has 0 nitrogen and oxygen atoms in total. The van der Waals surface area contributed by atoms with Gasteiger partial charge in [0, 0.05) is 6.42 Å². The van der Waals surface area contributed by atoms with Crippen LogP contribution in [0.1, 0.15) is 6.42 Å². The number of hydrogen-bond acceptors (Lipinski definition) is 0. The Morgan fingerprint density at radius 1 is 1.44 bits per heavy atom. The third kappa shape index (κ3) is 1.15. The predicted octanol–water partition coefficient (Wildman–Crippen LogP) is 2.44. The molecule has 0 fully saturated rings. The molecule has 1 aliphatic carbocycles. The van der Waals surface area contributed by atoms with Crippen LogP contribution < -0.4 is 0 Å². The average molecular weight is 134 g/mol. The van der Waals surface area contributed by atoms with Crippen molar-refractivity contribution in [2.45, 2.75) is 12.6 Å². The summed E-state index contributed by atoms with van der Waals surface area (Å²) in [5.74, 6) is -2.37. The Balaban J connectivity index is 2.83. The van der Waals surface area contributed by atoms with Gasteiger partial charge >= 0.3 is 0 Å². The molecule has 1 atom stereocenters. The van der Waals surface area contributed by atoms with Gasteiger partial charge < -0.3 is 0 Å². The lowest BCUT2D eigenvalue weighted by Gasteiger charge is -2.05. The van der Waals surface area contributed by atoms with Gasteiger partial charge in [-0.3, -0.25) is 0 Å². The first-order valence-electron chi connectivity index (χ1n) is 2.57. The Bertz CT molecular complexity index is 169. The van der Waals surface area contributed by atoms with E-state index in [1.807, 2.05) is 0 Å². The summed E-state index contributed by atoms with van der Waals surface area (Å²) in [6.07, 6.45) is 0.378. The van der Waals surface area contributed by atoms with Crippen molar-refractivity contribution in [3.8, 4) is 0 Å². The van der Waals surface area contributed by atoms with Crippen molar-refractivity contribution < 1.29 is 13.2 Å². The van der Waals surface area contributed by atoms with Crippen molar-refractivity contribution in [1.29, 1.82) is 0 Å². The molecule has 1 rings (SSSR count). The van der Waals surface area contributed by atoms with Gasteiger partial charge in [-0.05, 0) is 6.08 Å². The zero-order valence-corrected chi connectivity index (χ0v) is 4.57. The molecule has 0 aromatic carbocycles. The minimum absolute atomic E-state index is 0.0563. The maximum absolute atomic E-state index is 12.1. The number of alkyl halides is 1. The summed E-state index contributed by atoms with van der Waals surface area (Å²) in [7, 11) is 0. The van der Waals surface area contributed by atoms with Gasteiger partial charge in [0.05, 0.1) is 0 Å². The zero-order chi connectivity index (χ0) is 6.85. The quantitative estimate of drug-likeness (QED) is 0.477. The van der Waals surface area contributed by atoms with E-state index in [9.17, 15) is 13.2 Å². The van der Waals surface area contributed by atoms with Gasteiger partial charge in [0.15, 0.2) is 17.8 Å². The van der Waals surface area contributed by atoms with E-state index >= 15 is 0 Å². The van der Waals surface area contributed by atoms with Crippen LogP contribution in [-0.2, 0) is 0 Å². The number of halogens is 3. The second-order valence-electron chi connectivity index (χ2n) is 1.80. The molecule has 50 valence electrons. The first-order chi connectivity index (χ1) is 4.22. The van der Waals surface area contributed by atoms with Crippen molar-refractivity contribution in [3.05, 3.63) is 23.8 Å². The van der Waals surface area contributed by atoms with E-state index < -0.39 is 17.8 Å². The van der Waals surface area contributed by atoms with E-state index in [0.717, 1.165) is 6.08 Å². The minimum Gasteiger partial charge on any atom is -0.239 e. The molecule has 1 aliphatic rings. The fourth-order valence-corrected chi connectivity index (χ4v) is 0.624. The molecular formula is C6H5F3. The first-order valence-corrected chi connectivity index (χ1v) is 2.57. The summed E-state index contributed by atoms with van der Waals surface area (Å²) in [4.78, 5) is 0. The molecule has 0 amide bonds. The van der Waals surface area contributed by atoms with E-state index in [0.29, 0.717) is 0 Å². The lowest BCUT2D eigenvalue weighted by molar-refractivity contribution is 0.311. The lowest BCUT2D eigenvalue weighted by atomic mass is 10.1. The Labute approximate surface area is 50.7 Å². The van der Waals surface area contributed by atoms with E-state index in [2.05, 4.69) is 0 Å². The van der Waals surface area contributed by atoms with E-state index in [-0.39, 0.29) is 6.42 Å². The molecule has 3 heteroatoms. The highest BCUT2D eigenvalue weighted by Crippen LogP contribution is 2.23. The third-order valence-electron chi connectivity index (χ3n) is 1.11. The van der Waals surface area contributed by atoms with Crippen molar-refractivity contribution in [1.82, 2.24) is 0 Å². The maximum Gasteiger partial charge on any atom is 0.170 e. The van der Waals surface area contributed by atoms with Crippen LogP contribution in [0.25, 0.3) is 0 Å². The van der Waals surface area contributed by atoms with Gasteiger partial charge in [-0.2, -0.15) is 0 Å². The van der Waals surface area contributed by atoms with E-state index in [1.54, 1.807) is 0 Å². The maximum atomic E-state index is 12.1. The van der Waals surface area contributed by atoms with Gasteiger partial charge in [0.1, 0.15) is 0 Å². The van der Waals surface area contributed by atoms with Gasteiger partial charge in [-0.15, -0.1) is 0 Å². The lowest BCUT2D eigenvalue weighted by Crippen LogP contribution is -2.03. The van der Waals surface area contributed by atoms with Gasteiger partial charge in [0.2, 0.25) is 0 Å². The summed E-state index contributed by atoms with van der Waals surface area (Å²) in [6.45, 7) is 0.